The van der Waals surface area contributed by atoms with Gasteiger partial charge in [0.2, 0.25) is 0 Å². The molecule has 0 atom stereocenters. The van der Waals surface area contributed by atoms with Crippen molar-refractivity contribution in [3.63, 3.8) is 0 Å². The molecule has 2 aliphatic rings. The number of fused-ring (bicyclic) bond motifs is 2. The van der Waals surface area contributed by atoms with Crippen molar-refractivity contribution in [3.8, 4) is 5.75 Å². The maximum absolute atomic E-state index is 13.3. The van der Waals surface area contributed by atoms with Gasteiger partial charge in [0.25, 0.3) is 5.56 Å². The molecule has 1 aliphatic heterocycles. The van der Waals surface area contributed by atoms with Crippen LogP contribution in [0.4, 0.5) is 4.79 Å². The molecule has 10 heteroatoms. The van der Waals surface area contributed by atoms with Crippen molar-refractivity contribution < 1.29 is 14.3 Å². The van der Waals surface area contributed by atoms with E-state index in [1.165, 1.54) is 17.5 Å². The smallest absolute Gasteiger partial charge is 0.410 e. The van der Waals surface area contributed by atoms with Crippen LogP contribution in [-0.2, 0) is 11.3 Å². The van der Waals surface area contributed by atoms with Crippen molar-refractivity contribution in [3.05, 3.63) is 63.7 Å². The summed E-state index contributed by atoms with van der Waals surface area (Å²) < 4.78 is 14.7. The lowest BCUT2D eigenvalue weighted by Gasteiger charge is -2.39. The van der Waals surface area contributed by atoms with Gasteiger partial charge in [-0.2, -0.15) is 10.2 Å². The number of amides is 1. The normalized spacial score (nSPS) is 16.2. The highest BCUT2D eigenvalue weighted by atomic mass is 35.5. The van der Waals surface area contributed by atoms with Gasteiger partial charge in [-0.1, -0.05) is 29.8 Å². The summed E-state index contributed by atoms with van der Waals surface area (Å²) >= 11 is 6.46. The molecule has 0 unspecified atom stereocenters. The van der Waals surface area contributed by atoms with Gasteiger partial charge in [0.1, 0.15) is 11.4 Å². The molecule has 0 bridgehead atoms. The molecule has 1 aliphatic carbocycles. The summed E-state index contributed by atoms with van der Waals surface area (Å²) in [7, 11) is 0. The maximum Gasteiger partial charge on any atom is 0.410 e. The Labute approximate surface area is 224 Å². The number of benzene rings is 2. The third kappa shape index (κ3) is 4.95. The van der Waals surface area contributed by atoms with Crippen LogP contribution in [0.1, 0.15) is 45.3 Å². The molecule has 2 fully saturated rings. The van der Waals surface area contributed by atoms with Crippen LogP contribution in [0.15, 0.2) is 47.4 Å². The van der Waals surface area contributed by atoms with E-state index in [1.54, 1.807) is 4.90 Å². The Balaban J connectivity index is 1.28. The van der Waals surface area contributed by atoms with E-state index in [9.17, 15) is 9.59 Å². The van der Waals surface area contributed by atoms with Crippen molar-refractivity contribution in [2.75, 3.05) is 19.7 Å². The predicted octanol–water partition coefficient (Wildman–Crippen LogP) is 5.03. The number of ether oxygens (including phenoxy) is 2. The zero-order chi connectivity index (χ0) is 26.6. The summed E-state index contributed by atoms with van der Waals surface area (Å²) in [6, 6.07) is 11.0. The van der Waals surface area contributed by atoms with Gasteiger partial charge in [-0.3, -0.25) is 9.48 Å². The Morgan fingerprint density at radius 3 is 2.55 bits per heavy atom. The summed E-state index contributed by atoms with van der Waals surface area (Å²) in [5.74, 6) is 1.30. The number of hydrogen-bond acceptors (Lipinski definition) is 6. The summed E-state index contributed by atoms with van der Waals surface area (Å²) in [5.41, 5.74) is 0.737. The molecular weight excluding hydrogens is 506 g/mol. The average molecular weight is 536 g/mol. The zero-order valence-electron chi connectivity index (χ0n) is 21.7. The molecule has 2 aromatic carbocycles. The molecule has 38 heavy (non-hydrogen) atoms. The number of likely N-dealkylation sites (tertiary alicyclic amines) is 1. The predicted molar refractivity (Wildman–Crippen MR) is 145 cm³/mol. The highest BCUT2D eigenvalue weighted by Gasteiger charge is 2.36. The molecule has 9 nitrogen and oxygen atoms in total. The van der Waals surface area contributed by atoms with Crippen LogP contribution in [0.3, 0.4) is 0 Å². The fourth-order valence-corrected chi connectivity index (χ4v) is 4.85. The fourth-order valence-electron chi connectivity index (χ4n) is 4.64. The Morgan fingerprint density at radius 2 is 1.84 bits per heavy atom. The highest BCUT2D eigenvalue weighted by molar-refractivity contribution is 6.32. The largest absolute Gasteiger partial charge is 0.492 e. The lowest BCUT2D eigenvalue weighted by Crippen LogP contribution is -2.54. The zero-order valence-corrected chi connectivity index (χ0v) is 22.4. The Morgan fingerprint density at radius 1 is 1.11 bits per heavy atom. The molecule has 4 aromatic rings. The van der Waals surface area contributed by atoms with Crippen LogP contribution in [0, 0.1) is 5.92 Å². The van der Waals surface area contributed by atoms with E-state index >= 15 is 0 Å². The van der Waals surface area contributed by atoms with Crippen molar-refractivity contribution in [2.45, 2.75) is 51.8 Å². The number of halogens is 1. The molecule has 0 radical (unpaired) electrons. The van der Waals surface area contributed by atoms with Gasteiger partial charge in [0.15, 0.2) is 0 Å². The molecular formula is C28H30ClN5O4. The molecule has 1 saturated heterocycles. The highest BCUT2D eigenvalue weighted by Crippen LogP contribution is 2.34. The van der Waals surface area contributed by atoms with Crippen molar-refractivity contribution in [1.82, 2.24) is 24.5 Å². The van der Waals surface area contributed by atoms with Gasteiger partial charge in [-0.25, -0.2) is 9.48 Å². The van der Waals surface area contributed by atoms with Gasteiger partial charge in [-0.05, 0) is 57.7 Å². The molecule has 3 heterocycles. The minimum absolute atomic E-state index is 0.173. The Kier molecular flexibility index (Phi) is 6.06. The second-order valence-corrected chi connectivity index (χ2v) is 11.6. The minimum Gasteiger partial charge on any atom is -0.492 e. The van der Waals surface area contributed by atoms with E-state index in [2.05, 4.69) is 0 Å². The number of rotatable bonds is 6. The van der Waals surface area contributed by atoms with Gasteiger partial charge in [0.05, 0.1) is 40.8 Å². The van der Waals surface area contributed by atoms with E-state index in [4.69, 9.17) is 31.3 Å². The first kappa shape index (κ1) is 24.7. The van der Waals surface area contributed by atoms with Gasteiger partial charge in [-0.15, -0.1) is 0 Å². The van der Waals surface area contributed by atoms with E-state index in [1.807, 2.05) is 68.0 Å². The van der Waals surface area contributed by atoms with Gasteiger partial charge < -0.3 is 14.4 Å². The van der Waals surface area contributed by atoms with Crippen molar-refractivity contribution in [1.29, 1.82) is 0 Å². The number of carbonyl (C=O) groups excluding carboxylic acids is 1. The summed E-state index contributed by atoms with van der Waals surface area (Å²) in [5, 5.41) is 12.3. The number of aromatic nitrogens is 4. The minimum atomic E-state index is -0.574. The number of nitrogens with zero attached hydrogens (tertiary/aromatic N) is 5. The molecule has 0 spiro atoms. The van der Waals surface area contributed by atoms with Crippen LogP contribution >= 0.6 is 11.6 Å². The van der Waals surface area contributed by atoms with Gasteiger partial charge >= 0.3 is 6.09 Å². The summed E-state index contributed by atoms with van der Waals surface area (Å²) in [6.45, 7) is 7.29. The molecule has 1 amide bonds. The average Bonchev–Trinajstić information content (AvgIpc) is 3.57. The number of hydrogen-bond donors (Lipinski definition) is 0. The fraction of sp³-hybridized carbons (Fsp3) is 0.429. The molecule has 2 aromatic heterocycles. The second-order valence-electron chi connectivity index (χ2n) is 11.2. The van der Waals surface area contributed by atoms with Gasteiger partial charge in [0, 0.05) is 30.1 Å². The number of carbonyl (C=O) groups is 1. The van der Waals surface area contributed by atoms with E-state index in [-0.39, 0.29) is 17.7 Å². The molecule has 1 saturated carbocycles. The lowest BCUT2D eigenvalue weighted by atomic mass is 10.1. The Bertz CT molecular complexity index is 1590. The van der Waals surface area contributed by atoms with Crippen LogP contribution in [-0.4, -0.2) is 55.9 Å². The molecule has 198 valence electrons. The van der Waals surface area contributed by atoms with E-state index in [0.29, 0.717) is 48.3 Å². The SMILES string of the molecule is CC(C)(C)OC(=O)N1CC(n2nc(Cn3cc4cc(OCC5CC5)c(Cl)cc4n3)c3ccccc3c2=O)C1. The molecule has 6 rings (SSSR count). The third-order valence-corrected chi connectivity index (χ3v) is 7.15. The first-order valence-corrected chi connectivity index (χ1v) is 13.3. The van der Waals surface area contributed by atoms with E-state index < -0.39 is 5.60 Å². The lowest BCUT2D eigenvalue weighted by molar-refractivity contribution is -0.00102. The van der Waals surface area contributed by atoms with Crippen molar-refractivity contribution >= 4 is 39.4 Å². The summed E-state index contributed by atoms with van der Waals surface area (Å²) in [6.07, 6.45) is 3.97. The topological polar surface area (TPSA) is 91.5 Å². The van der Waals surface area contributed by atoms with Crippen LogP contribution < -0.4 is 10.3 Å². The third-order valence-electron chi connectivity index (χ3n) is 6.85. The maximum atomic E-state index is 13.3. The summed E-state index contributed by atoms with van der Waals surface area (Å²) in [4.78, 5) is 27.3. The van der Waals surface area contributed by atoms with E-state index in [0.717, 1.165) is 22.0 Å². The molecule has 0 N–H and O–H groups in total. The monoisotopic (exact) mass is 535 g/mol. The standard InChI is InChI=1S/C28H30ClN5O4/c1-28(2,3)38-27(36)32-13-19(14-32)34-26(35)21-7-5-4-6-20(21)24(31-34)15-33-12-18-10-25(37-16-17-8-9-17)22(29)11-23(18)30-33/h4-7,10-12,17,19H,8-9,13-16H2,1-3H3. The van der Waals surface area contributed by atoms with Crippen LogP contribution in [0.25, 0.3) is 21.7 Å². The Hall–Kier alpha value is -3.59. The van der Waals surface area contributed by atoms with Crippen LogP contribution in [0.5, 0.6) is 5.75 Å². The van der Waals surface area contributed by atoms with Crippen molar-refractivity contribution in [2.24, 2.45) is 5.92 Å². The quantitative estimate of drug-likeness (QED) is 0.344. The second kappa shape index (κ2) is 9.31. The first-order valence-electron chi connectivity index (χ1n) is 12.9. The van der Waals surface area contributed by atoms with Crippen LogP contribution in [0.2, 0.25) is 5.02 Å². The first-order chi connectivity index (χ1) is 18.1.